The maximum atomic E-state index is 13.6. The fourth-order valence-electron chi connectivity index (χ4n) is 2.35. The first-order valence-corrected chi connectivity index (χ1v) is 6.48. The van der Waals surface area contributed by atoms with Crippen molar-refractivity contribution >= 4 is 5.91 Å². The minimum atomic E-state index is -0.509. The zero-order valence-electron chi connectivity index (χ0n) is 11.1. The number of nitrogens with zero attached hydrogens (tertiary/aromatic N) is 1. The van der Waals surface area contributed by atoms with Crippen LogP contribution in [0.5, 0.6) is 5.75 Å². The number of benzene rings is 1. The zero-order valence-corrected chi connectivity index (χ0v) is 11.1. The van der Waals surface area contributed by atoms with Gasteiger partial charge in [0.1, 0.15) is 0 Å². The Morgan fingerprint density at radius 1 is 1.47 bits per heavy atom. The Bertz CT molecular complexity index is 457. The van der Waals surface area contributed by atoms with E-state index in [1.807, 2.05) is 0 Å². The Morgan fingerprint density at radius 3 is 2.68 bits per heavy atom. The van der Waals surface area contributed by atoms with Crippen molar-refractivity contribution in [2.75, 3.05) is 26.7 Å². The number of methoxy groups -OCH3 is 1. The molecule has 0 bridgehead atoms. The molecular weight excluding hydrogens is 247 g/mol. The molecule has 2 rings (SSSR count). The SMILES string of the molecule is COc1ccc(C(=O)N2CCC(CN)CC2)cc1F. The van der Waals surface area contributed by atoms with E-state index in [0.717, 1.165) is 12.8 Å². The van der Waals surface area contributed by atoms with Crippen LogP contribution < -0.4 is 10.5 Å². The Morgan fingerprint density at radius 2 is 2.16 bits per heavy atom. The van der Waals surface area contributed by atoms with E-state index in [0.29, 0.717) is 31.1 Å². The molecule has 1 fully saturated rings. The summed E-state index contributed by atoms with van der Waals surface area (Å²) in [6.07, 6.45) is 1.84. The van der Waals surface area contributed by atoms with Gasteiger partial charge in [-0.1, -0.05) is 0 Å². The molecule has 1 aliphatic heterocycles. The molecule has 1 aliphatic rings. The number of hydrogen-bond donors (Lipinski definition) is 1. The van der Waals surface area contributed by atoms with Crippen LogP contribution in [-0.2, 0) is 0 Å². The summed E-state index contributed by atoms with van der Waals surface area (Å²) >= 11 is 0. The third kappa shape index (κ3) is 3.04. The van der Waals surface area contributed by atoms with Crippen molar-refractivity contribution in [3.05, 3.63) is 29.6 Å². The second-order valence-corrected chi connectivity index (χ2v) is 4.82. The van der Waals surface area contributed by atoms with Crippen molar-refractivity contribution in [2.24, 2.45) is 11.7 Å². The van der Waals surface area contributed by atoms with Gasteiger partial charge in [-0.2, -0.15) is 0 Å². The molecule has 1 heterocycles. The lowest BCUT2D eigenvalue weighted by Gasteiger charge is -2.31. The monoisotopic (exact) mass is 266 g/mol. The van der Waals surface area contributed by atoms with Gasteiger partial charge in [0.2, 0.25) is 0 Å². The largest absolute Gasteiger partial charge is 0.494 e. The molecule has 104 valence electrons. The smallest absolute Gasteiger partial charge is 0.253 e. The third-order valence-corrected chi connectivity index (χ3v) is 3.63. The van der Waals surface area contributed by atoms with Gasteiger partial charge in [-0.05, 0) is 43.5 Å². The second-order valence-electron chi connectivity index (χ2n) is 4.82. The van der Waals surface area contributed by atoms with Crippen molar-refractivity contribution in [3.63, 3.8) is 0 Å². The first kappa shape index (κ1) is 13.8. The van der Waals surface area contributed by atoms with Gasteiger partial charge in [-0.3, -0.25) is 4.79 Å². The van der Waals surface area contributed by atoms with E-state index >= 15 is 0 Å². The highest BCUT2D eigenvalue weighted by Gasteiger charge is 2.23. The number of nitrogens with two attached hydrogens (primary N) is 1. The number of amides is 1. The highest BCUT2D eigenvalue weighted by atomic mass is 19.1. The number of halogens is 1. The van der Waals surface area contributed by atoms with Crippen LogP contribution in [0.2, 0.25) is 0 Å². The quantitative estimate of drug-likeness (QED) is 0.905. The van der Waals surface area contributed by atoms with Gasteiger partial charge in [0, 0.05) is 18.7 Å². The number of likely N-dealkylation sites (tertiary alicyclic amines) is 1. The molecule has 0 aliphatic carbocycles. The summed E-state index contributed by atoms with van der Waals surface area (Å²) in [6, 6.07) is 4.31. The second kappa shape index (κ2) is 6.02. The Balaban J connectivity index is 2.06. The fraction of sp³-hybridized carbons (Fsp3) is 0.500. The minimum Gasteiger partial charge on any atom is -0.494 e. The van der Waals surface area contributed by atoms with Crippen LogP contribution >= 0.6 is 0 Å². The summed E-state index contributed by atoms with van der Waals surface area (Å²) in [5, 5.41) is 0. The van der Waals surface area contributed by atoms with Crippen molar-refractivity contribution < 1.29 is 13.9 Å². The molecular formula is C14H19FN2O2. The normalized spacial score (nSPS) is 16.5. The van der Waals surface area contributed by atoms with E-state index in [1.165, 1.54) is 19.2 Å². The maximum absolute atomic E-state index is 13.6. The molecule has 0 atom stereocenters. The summed E-state index contributed by atoms with van der Waals surface area (Å²) in [7, 11) is 1.40. The van der Waals surface area contributed by atoms with E-state index in [4.69, 9.17) is 10.5 Å². The number of rotatable bonds is 3. The van der Waals surface area contributed by atoms with Gasteiger partial charge < -0.3 is 15.4 Å². The molecule has 0 radical (unpaired) electrons. The average molecular weight is 266 g/mol. The zero-order chi connectivity index (χ0) is 13.8. The molecule has 0 unspecified atom stereocenters. The summed E-state index contributed by atoms with van der Waals surface area (Å²) in [5.74, 6) is 0.0114. The van der Waals surface area contributed by atoms with Crippen LogP contribution in [0.3, 0.4) is 0 Å². The van der Waals surface area contributed by atoms with E-state index in [1.54, 1.807) is 11.0 Å². The highest BCUT2D eigenvalue weighted by Crippen LogP contribution is 2.21. The van der Waals surface area contributed by atoms with Gasteiger partial charge in [-0.25, -0.2) is 4.39 Å². The van der Waals surface area contributed by atoms with E-state index in [-0.39, 0.29) is 11.7 Å². The van der Waals surface area contributed by atoms with Gasteiger partial charge in [-0.15, -0.1) is 0 Å². The van der Waals surface area contributed by atoms with E-state index in [2.05, 4.69) is 0 Å². The molecule has 4 nitrogen and oxygen atoms in total. The van der Waals surface area contributed by atoms with Crippen LogP contribution in [-0.4, -0.2) is 37.6 Å². The van der Waals surface area contributed by atoms with Gasteiger partial charge >= 0.3 is 0 Å². The Kier molecular flexibility index (Phi) is 4.37. The number of hydrogen-bond acceptors (Lipinski definition) is 3. The van der Waals surface area contributed by atoms with Crippen molar-refractivity contribution in [1.82, 2.24) is 4.90 Å². The molecule has 1 amide bonds. The van der Waals surface area contributed by atoms with Crippen LogP contribution in [0.4, 0.5) is 4.39 Å². The van der Waals surface area contributed by atoms with Crippen molar-refractivity contribution in [3.8, 4) is 5.75 Å². The summed E-state index contributed by atoms with van der Waals surface area (Å²) in [5.41, 5.74) is 5.99. The van der Waals surface area contributed by atoms with Gasteiger partial charge in [0.25, 0.3) is 5.91 Å². The fourth-order valence-corrected chi connectivity index (χ4v) is 2.35. The molecule has 1 aromatic carbocycles. The first-order valence-electron chi connectivity index (χ1n) is 6.48. The lowest BCUT2D eigenvalue weighted by molar-refractivity contribution is 0.0693. The summed E-state index contributed by atoms with van der Waals surface area (Å²) in [6.45, 7) is 2.04. The van der Waals surface area contributed by atoms with Crippen molar-refractivity contribution in [2.45, 2.75) is 12.8 Å². The lowest BCUT2D eigenvalue weighted by atomic mass is 9.96. The van der Waals surface area contributed by atoms with Crippen LogP contribution in [0.1, 0.15) is 23.2 Å². The number of carbonyl (C=O) groups excluding carboxylic acids is 1. The van der Waals surface area contributed by atoms with Crippen LogP contribution in [0, 0.1) is 11.7 Å². The van der Waals surface area contributed by atoms with E-state index < -0.39 is 5.82 Å². The van der Waals surface area contributed by atoms with Crippen molar-refractivity contribution in [1.29, 1.82) is 0 Å². The predicted molar refractivity (Wildman–Crippen MR) is 70.6 cm³/mol. The highest BCUT2D eigenvalue weighted by molar-refractivity contribution is 5.94. The summed E-state index contributed by atoms with van der Waals surface area (Å²) in [4.78, 5) is 14.0. The lowest BCUT2D eigenvalue weighted by Crippen LogP contribution is -2.40. The van der Waals surface area contributed by atoms with Crippen LogP contribution in [0.25, 0.3) is 0 Å². The average Bonchev–Trinajstić information content (AvgIpc) is 2.46. The number of carbonyl (C=O) groups is 1. The Labute approximate surface area is 112 Å². The maximum Gasteiger partial charge on any atom is 0.253 e. The van der Waals surface area contributed by atoms with E-state index in [9.17, 15) is 9.18 Å². The van der Waals surface area contributed by atoms with Gasteiger partial charge in [0.15, 0.2) is 11.6 Å². The molecule has 0 saturated carbocycles. The standard InChI is InChI=1S/C14H19FN2O2/c1-19-13-3-2-11(8-12(13)15)14(18)17-6-4-10(9-16)5-7-17/h2-3,8,10H,4-7,9,16H2,1H3. The number of ether oxygens (including phenoxy) is 1. The summed E-state index contributed by atoms with van der Waals surface area (Å²) < 4.78 is 18.4. The molecule has 1 saturated heterocycles. The molecule has 5 heteroatoms. The first-order chi connectivity index (χ1) is 9.15. The minimum absolute atomic E-state index is 0.128. The molecule has 19 heavy (non-hydrogen) atoms. The van der Waals surface area contributed by atoms with Crippen LogP contribution in [0.15, 0.2) is 18.2 Å². The Hall–Kier alpha value is -1.62. The predicted octanol–water partition coefficient (Wildman–Crippen LogP) is 1.65. The molecule has 0 aromatic heterocycles. The molecule has 0 spiro atoms. The molecule has 2 N–H and O–H groups in total. The topological polar surface area (TPSA) is 55.6 Å². The third-order valence-electron chi connectivity index (χ3n) is 3.63. The van der Waals surface area contributed by atoms with Gasteiger partial charge in [0.05, 0.1) is 7.11 Å². The molecule has 1 aromatic rings. The number of piperidine rings is 1.